The highest BCUT2D eigenvalue weighted by Gasteiger charge is 2.16. The first kappa shape index (κ1) is 39.8. The molecular weight excluding hydrogens is 721 g/mol. The quantitative estimate of drug-likeness (QED) is 0.0356. The summed E-state index contributed by atoms with van der Waals surface area (Å²) < 4.78 is 30.1. The van der Waals surface area contributed by atoms with Gasteiger partial charge in [0.1, 0.15) is 13.2 Å². The highest BCUT2D eigenvalue weighted by Crippen LogP contribution is 2.37. The van der Waals surface area contributed by atoms with Crippen LogP contribution in [0.4, 0.5) is 0 Å². The Labute approximate surface area is 312 Å². The van der Waals surface area contributed by atoms with Gasteiger partial charge in [-0.2, -0.15) is 9.97 Å². The summed E-state index contributed by atoms with van der Waals surface area (Å²) in [5.74, 6) is 2.73. The van der Waals surface area contributed by atoms with E-state index in [9.17, 15) is 5.21 Å². The molecule has 0 bridgehead atoms. The van der Waals surface area contributed by atoms with E-state index in [1.54, 1.807) is 39.3 Å². The van der Waals surface area contributed by atoms with Crippen molar-refractivity contribution in [2.24, 2.45) is 0 Å². The molecule has 0 saturated carbocycles. The van der Waals surface area contributed by atoms with Gasteiger partial charge in [-0.25, -0.2) is 0 Å². The third-order valence-electron chi connectivity index (χ3n) is 7.25. The lowest BCUT2D eigenvalue weighted by Crippen LogP contribution is -2.27. The Morgan fingerprint density at radius 2 is 1.22 bits per heavy atom. The van der Waals surface area contributed by atoms with Crippen LogP contribution in [0.1, 0.15) is 22.3 Å². The van der Waals surface area contributed by atoms with Gasteiger partial charge in [-0.15, -0.1) is 4.47 Å². The summed E-state index contributed by atoms with van der Waals surface area (Å²) in [6, 6.07) is 18.9. The smallest absolute Gasteiger partial charge is 0.220 e. The second-order valence-corrected chi connectivity index (χ2v) is 13.4. The maximum absolute atomic E-state index is 9.69. The maximum Gasteiger partial charge on any atom is 0.220 e. The highest BCUT2D eigenvalue weighted by molar-refractivity contribution is 7.97. The lowest BCUT2D eigenvalue weighted by molar-refractivity contribution is 0.0173. The molecule has 50 heavy (non-hydrogen) atoms. The van der Waals surface area contributed by atoms with Crippen molar-refractivity contribution in [3.8, 4) is 34.6 Å². The van der Waals surface area contributed by atoms with Gasteiger partial charge in [-0.1, -0.05) is 71.5 Å². The topological polar surface area (TPSA) is 134 Å². The Bertz CT molecular complexity index is 1660. The molecule has 12 nitrogen and oxygen atoms in total. The SMILES string of the molecule is CNSCCNCc1ccc(OCc2cccc(-c3cccc(COc4ccc(CNCCN(O)SNC)c(OC)n4)c3Cl)c2Cl)nc1OC. The predicted octanol–water partition coefficient (Wildman–Crippen LogP) is 6.15. The molecule has 0 aliphatic carbocycles. The number of nitrogens with zero attached hydrogens (tertiary/aromatic N) is 3. The first-order valence-electron chi connectivity index (χ1n) is 15.8. The Morgan fingerprint density at radius 1 is 0.700 bits per heavy atom. The second kappa shape index (κ2) is 21.4. The molecule has 2 aromatic heterocycles. The van der Waals surface area contributed by atoms with E-state index < -0.39 is 0 Å². The third kappa shape index (κ3) is 11.8. The van der Waals surface area contributed by atoms with E-state index >= 15 is 0 Å². The van der Waals surface area contributed by atoms with Crippen LogP contribution in [0.3, 0.4) is 0 Å². The molecule has 0 aliphatic rings. The van der Waals surface area contributed by atoms with Crippen LogP contribution in [-0.2, 0) is 26.3 Å². The summed E-state index contributed by atoms with van der Waals surface area (Å²) in [5.41, 5.74) is 4.90. The molecule has 2 heterocycles. The van der Waals surface area contributed by atoms with E-state index in [1.165, 1.54) is 0 Å². The van der Waals surface area contributed by atoms with E-state index in [4.69, 9.17) is 42.1 Å². The molecule has 16 heteroatoms. The van der Waals surface area contributed by atoms with E-state index in [0.717, 1.165) is 62.3 Å². The summed E-state index contributed by atoms with van der Waals surface area (Å²) in [6.07, 6.45) is 0. The van der Waals surface area contributed by atoms with Crippen LogP contribution < -0.4 is 39.0 Å². The van der Waals surface area contributed by atoms with Crippen LogP contribution in [-0.4, -0.2) is 73.3 Å². The van der Waals surface area contributed by atoms with Gasteiger partial charge >= 0.3 is 0 Å². The Hall–Kier alpha value is -3.02. The van der Waals surface area contributed by atoms with Crippen molar-refractivity contribution in [1.29, 1.82) is 0 Å². The second-order valence-electron chi connectivity index (χ2n) is 10.5. The number of nitrogens with one attached hydrogen (secondary N) is 4. The molecule has 0 atom stereocenters. The van der Waals surface area contributed by atoms with Gasteiger partial charge in [0.25, 0.3) is 0 Å². The van der Waals surface area contributed by atoms with Gasteiger partial charge in [0.2, 0.25) is 23.5 Å². The van der Waals surface area contributed by atoms with Crippen LogP contribution in [0.5, 0.6) is 23.5 Å². The van der Waals surface area contributed by atoms with Crippen molar-refractivity contribution < 1.29 is 24.2 Å². The number of rotatable bonds is 22. The van der Waals surface area contributed by atoms with Gasteiger partial charge in [0, 0.05) is 96.1 Å². The van der Waals surface area contributed by atoms with E-state index in [1.807, 2.05) is 61.6 Å². The van der Waals surface area contributed by atoms with Gasteiger partial charge in [-0.3, -0.25) is 9.44 Å². The highest BCUT2D eigenvalue weighted by atomic mass is 35.5. The Balaban J connectivity index is 1.38. The number of ether oxygens (including phenoxy) is 4. The molecule has 5 N–H and O–H groups in total. The fourth-order valence-corrected chi connectivity index (χ4v) is 6.20. The van der Waals surface area contributed by atoms with Crippen LogP contribution >= 0.6 is 47.3 Å². The van der Waals surface area contributed by atoms with E-state index in [-0.39, 0.29) is 13.2 Å². The van der Waals surface area contributed by atoms with Gasteiger partial charge < -0.3 is 34.8 Å². The number of benzene rings is 2. The van der Waals surface area contributed by atoms with Crippen LogP contribution in [0.25, 0.3) is 11.1 Å². The normalized spacial score (nSPS) is 11.2. The molecule has 2 aromatic carbocycles. The minimum absolute atomic E-state index is 0.185. The molecule has 0 amide bonds. The monoisotopic (exact) mass is 763 g/mol. The lowest BCUT2D eigenvalue weighted by atomic mass is 10.0. The first-order valence-corrected chi connectivity index (χ1v) is 18.3. The van der Waals surface area contributed by atoms with E-state index in [2.05, 4.69) is 30.0 Å². The molecule has 270 valence electrons. The Morgan fingerprint density at radius 3 is 1.70 bits per heavy atom. The minimum Gasteiger partial charge on any atom is -0.481 e. The van der Waals surface area contributed by atoms with Crippen molar-refractivity contribution in [3.05, 3.63) is 93.0 Å². The zero-order valence-corrected chi connectivity index (χ0v) is 31.6. The minimum atomic E-state index is 0.185. The van der Waals surface area contributed by atoms with Gasteiger partial charge in [0.15, 0.2) is 0 Å². The molecule has 0 aliphatic heterocycles. The molecule has 0 spiro atoms. The molecule has 0 fully saturated rings. The molecule has 4 rings (SSSR count). The number of methoxy groups -OCH3 is 2. The summed E-state index contributed by atoms with van der Waals surface area (Å²) in [7, 11) is 6.80. The average molecular weight is 765 g/mol. The fraction of sp³-hybridized carbons (Fsp3) is 0.353. The predicted molar refractivity (Wildman–Crippen MR) is 202 cm³/mol. The number of pyridine rings is 2. The van der Waals surface area contributed by atoms with Crippen LogP contribution in [0.2, 0.25) is 10.0 Å². The van der Waals surface area contributed by atoms with Crippen molar-refractivity contribution >= 4 is 47.3 Å². The maximum atomic E-state index is 9.69. The summed E-state index contributed by atoms with van der Waals surface area (Å²) in [4.78, 5) is 9.05. The molecule has 0 unspecified atom stereocenters. The van der Waals surface area contributed by atoms with Crippen molar-refractivity contribution in [2.45, 2.75) is 26.3 Å². The first-order chi connectivity index (χ1) is 24.4. The van der Waals surface area contributed by atoms with Gasteiger partial charge in [-0.05, 0) is 26.2 Å². The molecule has 0 saturated heterocycles. The van der Waals surface area contributed by atoms with Crippen molar-refractivity contribution in [2.75, 3.05) is 53.7 Å². The van der Waals surface area contributed by atoms with Crippen molar-refractivity contribution in [1.82, 2.24) is 34.5 Å². The lowest BCUT2D eigenvalue weighted by Gasteiger charge is -2.15. The number of hydrogen-bond donors (Lipinski definition) is 5. The third-order valence-corrected chi connectivity index (χ3v) is 9.41. The zero-order valence-electron chi connectivity index (χ0n) is 28.4. The average Bonchev–Trinajstić information content (AvgIpc) is 3.13. The van der Waals surface area contributed by atoms with Crippen LogP contribution in [0.15, 0.2) is 60.7 Å². The number of aromatic nitrogens is 2. The molecule has 4 aromatic rings. The summed E-state index contributed by atoms with van der Waals surface area (Å²) in [6.45, 7) is 3.39. The standard InChI is InChI=1S/C34H43Cl2N7O5S2/c1-37-49-18-16-40-20-24-12-14-30(42-34(24)46-4)48-22-26-8-6-10-28(32(26)36)27-9-5-7-25(31(27)35)21-47-29-13-11-23(33(41-29)45-3)19-39-15-17-43(44)50-38-2/h5-14,37-40,44H,15-22H2,1-4H3. The van der Waals surface area contributed by atoms with E-state index in [0.29, 0.717) is 59.7 Å². The van der Waals surface area contributed by atoms with Gasteiger partial charge in [0.05, 0.1) is 24.3 Å². The largest absolute Gasteiger partial charge is 0.481 e. The number of hydroxylamine groups is 1. The fourth-order valence-electron chi connectivity index (χ4n) is 4.79. The molecule has 0 radical (unpaired) electrons. The van der Waals surface area contributed by atoms with Crippen LogP contribution in [0, 0.1) is 0 Å². The van der Waals surface area contributed by atoms with Crippen molar-refractivity contribution in [3.63, 3.8) is 0 Å². The number of hydrogen-bond acceptors (Lipinski definition) is 14. The summed E-state index contributed by atoms with van der Waals surface area (Å²) >= 11 is 16.6. The number of halogens is 2. The molecular formula is C34H43Cl2N7O5S2. The Kier molecular flexibility index (Phi) is 17.0. The zero-order chi connectivity index (χ0) is 35.7. The summed E-state index contributed by atoms with van der Waals surface area (Å²) in [5, 5.41) is 17.4.